The van der Waals surface area contributed by atoms with Gasteiger partial charge in [-0.25, -0.2) is 0 Å². The fourth-order valence-electron chi connectivity index (χ4n) is 2.28. The van der Waals surface area contributed by atoms with Crippen LogP contribution in [0, 0.1) is 6.92 Å². The van der Waals surface area contributed by atoms with Gasteiger partial charge in [-0.15, -0.1) is 0 Å². The first kappa shape index (κ1) is 14.2. The van der Waals surface area contributed by atoms with Gasteiger partial charge < -0.3 is 4.74 Å². The average molecular weight is 273 g/mol. The summed E-state index contributed by atoms with van der Waals surface area (Å²) in [7, 11) is 0. The second-order valence-corrected chi connectivity index (χ2v) is 4.88. The summed E-state index contributed by atoms with van der Waals surface area (Å²) in [5.41, 5.74) is -0.104. The minimum Gasteiger partial charge on any atom is -0.492 e. The predicted octanol–water partition coefficient (Wildman–Crippen LogP) is 3.49. The first-order valence-electron chi connectivity index (χ1n) is 6.50. The summed E-state index contributed by atoms with van der Waals surface area (Å²) in [6.07, 6.45) is -1.85. The van der Waals surface area contributed by atoms with Crippen molar-refractivity contribution in [2.75, 3.05) is 26.2 Å². The highest BCUT2D eigenvalue weighted by Crippen LogP contribution is 2.32. The Kier molecular flexibility index (Phi) is 4.34. The molecular formula is C14H18F3NO. The molecule has 0 unspecified atom stereocenters. The number of alkyl halides is 3. The SMILES string of the molecule is Cc1cc(C(F)(F)F)ccc1OCCN1CCCC1. The van der Waals surface area contributed by atoms with E-state index in [1.807, 2.05) is 0 Å². The van der Waals surface area contributed by atoms with Crippen LogP contribution in [0.2, 0.25) is 0 Å². The van der Waals surface area contributed by atoms with Gasteiger partial charge in [0.2, 0.25) is 0 Å². The second-order valence-electron chi connectivity index (χ2n) is 4.88. The monoisotopic (exact) mass is 273 g/mol. The molecule has 2 nitrogen and oxygen atoms in total. The molecule has 1 aromatic carbocycles. The molecule has 0 radical (unpaired) electrons. The molecule has 0 aliphatic carbocycles. The molecule has 0 amide bonds. The maximum Gasteiger partial charge on any atom is 0.416 e. The Morgan fingerprint density at radius 3 is 2.47 bits per heavy atom. The summed E-state index contributed by atoms with van der Waals surface area (Å²) < 4.78 is 43.1. The topological polar surface area (TPSA) is 12.5 Å². The van der Waals surface area contributed by atoms with E-state index >= 15 is 0 Å². The normalized spacial score (nSPS) is 16.8. The van der Waals surface area contributed by atoms with Crippen LogP contribution in [0.3, 0.4) is 0 Å². The molecule has 106 valence electrons. The van der Waals surface area contributed by atoms with E-state index in [-0.39, 0.29) is 0 Å². The fraction of sp³-hybridized carbons (Fsp3) is 0.571. The van der Waals surface area contributed by atoms with Gasteiger partial charge in [0, 0.05) is 6.54 Å². The summed E-state index contributed by atoms with van der Waals surface area (Å²) >= 11 is 0. The number of benzene rings is 1. The van der Waals surface area contributed by atoms with Crippen molar-refractivity contribution in [3.63, 3.8) is 0 Å². The van der Waals surface area contributed by atoms with Crippen molar-refractivity contribution in [1.82, 2.24) is 4.90 Å². The molecule has 5 heteroatoms. The molecule has 2 rings (SSSR count). The summed E-state index contributed by atoms with van der Waals surface area (Å²) in [4.78, 5) is 2.30. The van der Waals surface area contributed by atoms with E-state index in [1.165, 1.54) is 18.9 Å². The maximum atomic E-state index is 12.5. The quantitative estimate of drug-likeness (QED) is 0.832. The van der Waals surface area contributed by atoms with E-state index in [1.54, 1.807) is 6.92 Å². The van der Waals surface area contributed by atoms with Crippen molar-refractivity contribution in [3.8, 4) is 5.75 Å². The zero-order chi connectivity index (χ0) is 13.9. The fourth-order valence-corrected chi connectivity index (χ4v) is 2.28. The predicted molar refractivity (Wildman–Crippen MR) is 67.4 cm³/mol. The minimum absolute atomic E-state index is 0.520. The molecule has 0 spiro atoms. The van der Waals surface area contributed by atoms with E-state index in [9.17, 15) is 13.2 Å². The van der Waals surface area contributed by atoms with Crippen molar-refractivity contribution in [1.29, 1.82) is 0 Å². The molecule has 1 fully saturated rings. The number of hydrogen-bond donors (Lipinski definition) is 0. The lowest BCUT2D eigenvalue weighted by molar-refractivity contribution is -0.137. The smallest absolute Gasteiger partial charge is 0.416 e. The Hall–Kier alpha value is -1.23. The lowest BCUT2D eigenvalue weighted by Crippen LogP contribution is -2.25. The van der Waals surface area contributed by atoms with E-state index in [4.69, 9.17) is 4.74 Å². The van der Waals surface area contributed by atoms with Crippen LogP contribution in [-0.2, 0) is 6.18 Å². The van der Waals surface area contributed by atoms with Gasteiger partial charge in [0.15, 0.2) is 0 Å². The zero-order valence-electron chi connectivity index (χ0n) is 11.0. The molecule has 0 atom stereocenters. The summed E-state index contributed by atoms with van der Waals surface area (Å²) in [5.74, 6) is 0.534. The molecule has 1 aliphatic rings. The number of nitrogens with zero attached hydrogens (tertiary/aromatic N) is 1. The van der Waals surface area contributed by atoms with Crippen LogP contribution < -0.4 is 4.74 Å². The van der Waals surface area contributed by atoms with Gasteiger partial charge in [0.1, 0.15) is 12.4 Å². The van der Waals surface area contributed by atoms with E-state index in [0.717, 1.165) is 31.8 Å². The molecule has 0 aromatic heterocycles. The van der Waals surface area contributed by atoms with Gasteiger partial charge >= 0.3 is 6.18 Å². The van der Waals surface area contributed by atoms with Gasteiger partial charge in [-0.05, 0) is 56.6 Å². The van der Waals surface area contributed by atoms with Crippen LogP contribution in [0.5, 0.6) is 5.75 Å². The molecule has 0 bridgehead atoms. The van der Waals surface area contributed by atoms with Crippen molar-refractivity contribution in [2.24, 2.45) is 0 Å². The number of aryl methyl sites for hydroxylation is 1. The second kappa shape index (κ2) is 5.82. The molecule has 0 N–H and O–H groups in total. The Morgan fingerprint density at radius 1 is 1.21 bits per heavy atom. The Labute approximate surface area is 111 Å². The van der Waals surface area contributed by atoms with Crippen molar-refractivity contribution in [3.05, 3.63) is 29.3 Å². The van der Waals surface area contributed by atoms with Crippen molar-refractivity contribution >= 4 is 0 Å². The van der Waals surface area contributed by atoms with E-state index in [2.05, 4.69) is 4.90 Å². The summed E-state index contributed by atoms with van der Waals surface area (Å²) in [5, 5.41) is 0. The number of halogens is 3. The van der Waals surface area contributed by atoms with Crippen LogP contribution in [0.4, 0.5) is 13.2 Å². The minimum atomic E-state index is -4.29. The summed E-state index contributed by atoms with van der Waals surface area (Å²) in [6.45, 7) is 5.18. The summed E-state index contributed by atoms with van der Waals surface area (Å²) in [6, 6.07) is 3.60. The highest BCUT2D eigenvalue weighted by Gasteiger charge is 2.30. The van der Waals surface area contributed by atoms with Gasteiger partial charge in [0.25, 0.3) is 0 Å². The first-order valence-corrected chi connectivity index (χ1v) is 6.50. The van der Waals surface area contributed by atoms with Crippen molar-refractivity contribution < 1.29 is 17.9 Å². The highest BCUT2D eigenvalue weighted by atomic mass is 19.4. The number of ether oxygens (including phenoxy) is 1. The standard InChI is InChI=1S/C14H18F3NO/c1-11-10-12(14(15,16)17)4-5-13(11)19-9-8-18-6-2-3-7-18/h4-5,10H,2-3,6-9H2,1H3. The zero-order valence-corrected chi connectivity index (χ0v) is 11.0. The van der Waals surface area contributed by atoms with Gasteiger partial charge in [0.05, 0.1) is 5.56 Å². The van der Waals surface area contributed by atoms with Gasteiger partial charge in [-0.1, -0.05) is 0 Å². The number of likely N-dealkylation sites (tertiary alicyclic amines) is 1. The van der Waals surface area contributed by atoms with Crippen LogP contribution >= 0.6 is 0 Å². The maximum absolute atomic E-state index is 12.5. The van der Waals surface area contributed by atoms with Crippen LogP contribution in [-0.4, -0.2) is 31.1 Å². The molecule has 1 saturated heterocycles. The third kappa shape index (κ3) is 3.86. The van der Waals surface area contributed by atoms with Gasteiger partial charge in [-0.3, -0.25) is 4.90 Å². The number of rotatable bonds is 4. The molecule has 0 saturated carbocycles. The van der Waals surface area contributed by atoms with E-state index < -0.39 is 11.7 Å². The molecular weight excluding hydrogens is 255 g/mol. The molecule has 1 aromatic rings. The van der Waals surface area contributed by atoms with Crippen LogP contribution in [0.25, 0.3) is 0 Å². The third-order valence-electron chi connectivity index (χ3n) is 3.37. The van der Waals surface area contributed by atoms with Crippen molar-refractivity contribution in [2.45, 2.75) is 25.9 Å². The lowest BCUT2D eigenvalue weighted by atomic mass is 10.1. The van der Waals surface area contributed by atoms with Crippen LogP contribution in [0.1, 0.15) is 24.0 Å². The lowest BCUT2D eigenvalue weighted by Gasteiger charge is -2.16. The first-order chi connectivity index (χ1) is 8.97. The average Bonchev–Trinajstić information content (AvgIpc) is 2.83. The Morgan fingerprint density at radius 2 is 1.89 bits per heavy atom. The largest absolute Gasteiger partial charge is 0.492 e. The molecule has 1 aliphatic heterocycles. The Bertz CT molecular complexity index is 425. The van der Waals surface area contributed by atoms with Gasteiger partial charge in [-0.2, -0.15) is 13.2 Å². The number of hydrogen-bond acceptors (Lipinski definition) is 2. The molecule has 1 heterocycles. The third-order valence-corrected chi connectivity index (χ3v) is 3.37. The van der Waals surface area contributed by atoms with Crippen LogP contribution in [0.15, 0.2) is 18.2 Å². The Balaban J connectivity index is 1.90. The highest BCUT2D eigenvalue weighted by molar-refractivity contribution is 5.37. The molecule has 19 heavy (non-hydrogen) atoms. The van der Waals surface area contributed by atoms with E-state index in [0.29, 0.717) is 17.9 Å².